The van der Waals surface area contributed by atoms with Gasteiger partial charge in [-0.3, -0.25) is 14.5 Å². The van der Waals surface area contributed by atoms with E-state index in [1.54, 1.807) is 6.07 Å². The number of rotatable bonds is 5. The number of carbonyl (C=O) groups excluding carboxylic acids is 3. The van der Waals surface area contributed by atoms with E-state index in [0.29, 0.717) is 12.1 Å². The standard InChI is InChI=1S/C21H23N3O3/c1-4-21(16-11-9-14(2)10-12-16)19(26)24(20(27)23-21)13-18(25)22-17-8-6-5-7-15(17)3/h5-12H,4,13H2,1-3H3,(H,22,25)(H,23,27)/t21-/m0/s1. The van der Waals surface area contributed by atoms with Gasteiger partial charge in [-0.25, -0.2) is 4.79 Å². The van der Waals surface area contributed by atoms with Crippen molar-refractivity contribution in [3.05, 3.63) is 65.2 Å². The first-order valence-electron chi connectivity index (χ1n) is 8.94. The molecule has 1 atom stereocenters. The SMILES string of the molecule is CC[C@@]1(c2ccc(C)cc2)NC(=O)N(CC(=O)Nc2ccccc2C)C1=O. The number of para-hydroxylation sites is 1. The summed E-state index contributed by atoms with van der Waals surface area (Å²) in [6.45, 7) is 5.35. The van der Waals surface area contributed by atoms with Gasteiger partial charge in [0.15, 0.2) is 0 Å². The molecule has 27 heavy (non-hydrogen) atoms. The molecule has 6 nitrogen and oxygen atoms in total. The summed E-state index contributed by atoms with van der Waals surface area (Å²) in [4.78, 5) is 38.9. The number of amides is 4. The molecule has 0 spiro atoms. The highest BCUT2D eigenvalue weighted by Gasteiger charge is 2.51. The largest absolute Gasteiger partial charge is 0.325 e. The van der Waals surface area contributed by atoms with Crippen LogP contribution in [-0.2, 0) is 15.1 Å². The third kappa shape index (κ3) is 3.43. The first-order valence-corrected chi connectivity index (χ1v) is 8.94. The lowest BCUT2D eigenvalue weighted by molar-refractivity contribution is -0.134. The molecular formula is C21H23N3O3. The van der Waals surface area contributed by atoms with E-state index in [-0.39, 0.29) is 6.54 Å². The molecule has 6 heteroatoms. The molecule has 1 heterocycles. The Morgan fingerprint density at radius 3 is 2.37 bits per heavy atom. The highest BCUT2D eigenvalue weighted by atomic mass is 16.2. The molecule has 2 aromatic rings. The Bertz CT molecular complexity index is 892. The van der Waals surface area contributed by atoms with Gasteiger partial charge in [0.2, 0.25) is 5.91 Å². The van der Waals surface area contributed by atoms with Crippen LogP contribution < -0.4 is 10.6 Å². The van der Waals surface area contributed by atoms with Crippen molar-refractivity contribution in [2.45, 2.75) is 32.7 Å². The van der Waals surface area contributed by atoms with E-state index in [0.717, 1.165) is 21.6 Å². The van der Waals surface area contributed by atoms with Crippen LogP contribution in [0.2, 0.25) is 0 Å². The molecule has 1 saturated heterocycles. The van der Waals surface area contributed by atoms with Crippen LogP contribution in [0.3, 0.4) is 0 Å². The average molecular weight is 365 g/mol. The van der Waals surface area contributed by atoms with Gasteiger partial charge in [0.25, 0.3) is 5.91 Å². The lowest BCUT2D eigenvalue weighted by atomic mass is 9.87. The lowest BCUT2D eigenvalue weighted by Gasteiger charge is -2.26. The summed E-state index contributed by atoms with van der Waals surface area (Å²) in [5.74, 6) is -0.817. The predicted octanol–water partition coefficient (Wildman–Crippen LogP) is 3.10. The van der Waals surface area contributed by atoms with E-state index >= 15 is 0 Å². The highest BCUT2D eigenvalue weighted by molar-refractivity contribution is 6.10. The number of aryl methyl sites for hydroxylation is 2. The van der Waals surface area contributed by atoms with E-state index in [4.69, 9.17) is 0 Å². The first-order chi connectivity index (χ1) is 12.9. The molecule has 2 aromatic carbocycles. The van der Waals surface area contributed by atoms with Gasteiger partial charge in [-0.2, -0.15) is 0 Å². The summed E-state index contributed by atoms with van der Waals surface area (Å²) in [6.07, 6.45) is 0.399. The van der Waals surface area contributed by atoms with Crippen LogP contribution in [0.4, 0.5) is 10.5 Å². The van der Waals surface area contributed by atoms with Crippen molar-refractivity contribution in [2.75, 3.05) is 11.9 Å². The Labute approximate surface area is 158 Å². The van der Waals surface area contributed by atoms with E-state index in [1.807, 2.05) is 63.2 Å². The summed E-state index contributed by atoms with van der Waals surface area (Å²) in [6, 6.07) is 14.3. The van der Waals surface area contributed by atoms with Crippen LogP contribution in [0, 0.1) is 13.8 Å². The number of imide groups is 1. The van der Waals surface area contributed by atoms with Crippen LogP contribution in [0.5, 0.6) is 0 Å². The van der Waals surface area contributed by atoms with Gasteiger partial charge in [0.05, 0.1) is 0 Å². The number of nitrogens with one attached hydrogen (secondary N) is 2. The number of hydrogen-bond acceptors (Lipinski definition) is 3. The number of urea groups is 1. The average Bonchev–Trinajstić information content (AvgIpc) is 2.89. The molecule has 3 rings (SSSR count). The Hall–Kier alpha value is -3.15. The topological polar surface area (TPSA) is 78.5 Å². The zero-order valence-corrected chi connectivity index (χ0v) is 15.7. The maximum atomic E-state index is 13.1. The fourth-order valence-electron chi connectivity index (χ4n) is 3.29. The van der Waals surface area contributed by atoms with Crippen LogP contribution in [0.1, 0.15) is 30.0 Å². The minimum absolute atomic E-state index is 0.327. The van der Waals surface area contributed by atoms with E-state index in [2.05, 4.69) is 10.6 Å². The monoisotopic (exact) mass is 365 g/mol. The molecular weight excluding hydrogens is 342 g/mol. The molecule has 0 aromatic heterocycles. The first kappa shape index (κ1) is 18.6. The molecule has 0 aliphatic carbocycles. The van der Waals surface area contributed by atoms with Crippen molar-refractivity contribution in [3.8, 4) is 0 Å². The summed E-state index contributed by atoms with van der Waals surface area (Å²) >= 11 is 0. The summed E-state index contributed by atoms with van der Waals surface area (Å²) < 4.78 is 0. The number of carbonyl (C=O) groups is 3. The molecule has 1 aliphatic heterocycles. The Kier molecular flexibility index (Phi) is 4.99. The van der Waals surface area contributed by atoms with Gasteiger partial charge in [-0.05, 0) is 37.5 Å². The van der Waals surface area contributed by atoms with E-state index < -0.39 is 23.4 Å². The van der Waals surface area contributed by atoms with Crippen LogP contribution in [-0.4, -0.2) is 29.3 Å². The minimum atomic E-state index is -1.13. The highest BCUT2D eigenvalue weighted by Crippen LogP contribution is 2.32. The molecule has 1 aliphatic rings. The molecule has 0 radical (unpaired) electrons. The minimum Gasteiger partial charge on any atom is -0.324 e. The summed E-state index contributed by atoms with van der Waals surface area (Å²) in [5.41, 5.74) is 2.22. The number of anilines is 1. The van der Waals surface area contributed by atoms with Crippen LogP contribution in [0.25, 0.3) is 0 Å². The van der Waals surface area contributed by atoms with Gasteiger partial charge >= 0.3 is 6.03 Å². The second kappa shape index (κ2) is 7.23. The van der Waals surface area contributed by atoms with Gasteiger partial charge in [-0.1, -0.05) is 55.0 Å². The molecule has 4 amide bonds. The maximum Gasteiger partial charge on any atom is 0.325 e. The lowest BCUT2D eigenvalue weighted by Crippen LogP contribution is -2.44. The quantitative estimate of drug-likeness (QED) is 0.799. The molecule has 0 unspecified atom stereocenters. The Balaban J connectivity index is 1.80. The predicted molar refractivity (Wildman–Crippen MR) is 103 cm³/mol. The molecule has 2 N–H and O–H groups in total. The molecule has 140 valence electrons. The fourth-order valence-corrected chi connectivity index (χ4v) is 3.29. The Morgan fingerprint density at radius 1 is 1.07 bits per heavy atom. The Morgan fingerprint density at radius 2 is 1.74 bits per heavy atom. The smallest absolute Gasteiger partial charge is 0.324 e. The number of nitrogens with zero attached hydrogens (tertiary/aromatic N) is 1. The van der Waals surface area contributed by atoms with Crippen LogP contribution >= 0.6 is 0 Å². The zero-order valence-electron chi connectivity index (χ0n) is 15.7. The second-order valence-electron chi connectivity index (χ2n) is 6.81. The maximum absolute atomic E-state index is 13.1. The second-order valence-corrected chi connectivity index (χ2v) is 6.81. The van der Waals surface area contributed by atoms with E-state index in [9.17, 15) is 14.4 Å². The van der Waals surface area contributed by atoms with Crippen molar-refractivity contribution in [1.29, 1.82) is 0 Å². The summed E-state index contributed by atoms with van der Waals surface area (Å²) in [7, 11) is 0. The van der Waals surface area contributed by atoms with Crippen molar-refractivity contribution in [2.24, 2.45) is 0 Å². The van der Waals surface area contributed by atoms with Gasteiger partial charge in [0.1, 0.15) is 12.1 Å². The third-order valence-electron chi connectivity index (χ3n) is 4.97. The molecule has 0 saturated carbocycles. The number of hydrogen-bond donors (Lipinski definition) is 2. The summed E-state index contributed by atoms with van der Waals surface area (Å²) in [5, 5.41) is 5.55. The zero-order chi connectivity index (χ0) is 19.6. The van der Waals surface area contributed by atoms with Crippen molar-refractivity contribution < 1.29 is 14.4 Å². The van der Waals surface area contributed by atoms with Gasteiger partial charge in [0, 0.05) is 5.69 Å². The fraction of sp³-hybridized carbons (Fsp3) is 0.286. The third-order valence-corrected chi connectivity index (χ3v) is 4.97. The molecule has 1 fully saturated rings. The normalized spacial score (nSPS) is 19.1. The van der Waals surface area contributed by atoms with Crippen molar-refractivity contribution in [3.63, 3.8) is 0 Å². The van der Waals surface area contributed by atoms with Crippen molar-refractivity contribution in [1.82, 2.24) is 10.2 Å². The van der Waals surface area contributed by atoms with Crippen LogP contribution in [0.15, 0.2) is 48.5 Å². The van der Waals surface area contributed by atoms with E-state index in [1.165, 1.54) is 0 Å². The molecule has 0 bridgehead atoms. The van der Waals surface area contributed by atoms with Crippen molar-refractivity contribution >= 4 is 23.5 Å². The number of benzene rings is 2. The van der Waals surface area contributed by atoms with Gasteiger partial charge < -0.3 is 10.6 Å². The van der Waals surface area contributed by atoms with Gasteiger partial charge in [-0.15, -0.1) is 0 Å².